The van der Waals surface area contributed by atoms with Crippen LogP contribution in [0.5, 0.6) is 0 Å². The van der Waals surface area contributed by atoms with Gasteiger partial charge in [-0.3, -0.25) is 4.79 Å². The summed E-state index contributed by atoms with van der Waals surface area (Å²) in [5.74, 6) is -0.0811. The number of rotatable bonds is 5. The lowest BCUT2D eigenvalue weighted by Crippen LogP contribution is -2.27. The van der Waals surface area contributed by atoms with Crippen molar-refractivity contribution >= 4 is 11.9 Å². The summed E-state index contributed by atoms with van der Waals surface area (Å²) in [4.78, 5) is 17.6. The molecule has 7 nitrogen and oxygen atoms in total. The van der Waals surface area contributed by atoms with Crippen molar-refractivity contribution in [1.82, 2.24) is 15.5 Å². The molecule has 0 spiro atoms. The van der Waals surface area contributed by atoms with Gasteiger partial charge in [0.2, 0.25) is 5.91 Å². The van der Waals surface area contributed by atoms with Crippen molar-refractivity contribution in [2.75, 3.05) is 25.0 Å². The molecule has 2 atom stereocenters. The molecule has 24 heavy (non-hydrogen) atoms. The first kappa shape index (κ1) is 16.4. The zero-order chi connectivity index (χ0) is 17.1. The van der Waals surface area contributed by atoms with Crippen LogP contribution in [0.15, 0.2) is 28.8 Å². The highest BCUT2D eigenvalue weighted by Gasteiger charge is 2.35. The Balaban J connectivity index is 1.63. The van der Waals surface area contributed by atoms with E-state index in [2.05, 4.69) is 15.5 Å². The Kier molecular flexibility index (Phi) is 4.75. The van der Waals surface area contributed by atoms with Crippen LogP contribution >= 0.6 is 0 Å². The summed E-state index contributed by atoms with van der Waals surface area (Å²) < 4.78 is 18.2. The van der Waals surface area contributed by atoms with Gasteiger partial charge in [0.15, 0.2) is 5.82 Å². The number of anilines is 1. The summed E-state index contributed by atoms with van der Waals surface area (Å²) in [5.41, 5.74) is 0.878. The van der Waals surface area contributed by atoms with Crippen LogP contribution in [-0.4, -0.2) is 47.4 Å². The van der Waals surface area contributed by atoms with Gasteiger partial charge >= 0.3 is 6.01 Å². The maximum absolute atomic E-state index is 12.9. The number of nitrogens with one attached hydrogen (secondary N) is 1. The van der Waals surface area contributed by atoms with Crippen molar-refractivity contribution in [2.45, 2.75) is 18.9 Å². The monoisotopic (exact) mass is 334 g/mol. The molecule has 2 heterocycles. The average molecular weight is 334 g/mol. The lowest BCUT2D eigenvalue weighted by Gasteiger charge is -2.12. The normalized spacial score (nSPS) is 20.4. The van der Waals surface area contributed by atoms with Gasteiger partial charge in [-0.25, -0.2) is 4.39 Å². The number of carbonyl (C=O) groups is 1. The van der Waals surface area contributed by atoms with Crippen molar-refractivity contribution in [3.63, 3.8) is 0 Å². The van der Waals surface area contributed by atoms with Gasteiger partial charge in [-0.2, -0.15) is 4.98 Å². The van der Waals surface area contributed by atoms with E-state index in [9.17, 15) is 14.3 Å². The molecule has 3 rings (SSSR count). The molecule has 1 aromatic carbocycles. The first-order valence-corrected chi connectivity index (χ1v) is 7.75. The first-order chi connectivity index (χ1) is 11.5. The standard InChI is InChI=1S/C16H19FN4O3/c1-18-15(23)7-11-8-21(9-13(11)22)16-19-14(20-24-16)6-10-2-4-12(17)5-3-10/h2-5,11,13,22H,6-9H2,1H3,(H,18,23)/t11-,13-/m1/s1. The summed E-state index contributed by atoms with van der Waals surface area (Å²) >= 11 is 0. The van der Waals surface area contributed by atoms with Gasteiger partial charge in [0.25, 0.3) is 0 Å². The molecule has 1 aliphatic heterocycles. The van der Waals surface area contributed by atoms with E-state index in [1.807, 2.05) is 0 Å². The maximum Gasteiger partial charge on any atom is 0.324 e. The number of carbonyl (C=O) groups excluding carboxylic acids is 1. The second-order valence-corrected chi connectivity index (χ2v) is 5.91. The lowest BCUT2D eigenvalue weighted by molar-refractivity contribution is -0.122. The minimum Gasteiger partial charge on any atom is -0.391 e. The fourth-order valence-corrected chi connectivity index (χ4v) is 2.78. The van der Waals surface area contributed by atoms with E-state index in [0.29, 0.717) is 31.3 Å². The van der Waals surface area contributed by atoms with Gasteiger partial charge in [-0.15, -0.1) is 0 Å². The van der Waals surface area contributed by atoms with Gasteiger partial charge in [-0.1, -0.05) is 17.3 Å². The minimum absolute atomic E-state index is 0.108. The predicted molar refractivity (Wildman–Crippen MR) is 83.9 cm³/mol. The molecule has 0 radical (unpaired) electrons. The molecule has 1 fully saturated rings. The molecule has 1 amide bonds. The third kappa shape index (κ3) is 3.70. The number of nitrogens with zero attached hydrogens (tertiary/aromatic N) is 3. The van der Waals surface area contributed by atoms with E-state index in [1.165, 1.54) is 12.1 Å². The number of benzene rings is 1. The molecular formula is C16H19FN4O3. The summed E-state index contributed by atoms with van der Waals surface area (Å²) in [6.45, 7) is 0.826. The summed E-state index contributed by atoms with van der Waals surface area (Å²) in [7, 11) is 1.57. The third-order valence-corrected chi connectivity index (χ3v) is 4.14. The molecule has 0 aliphatic carbocycles. The Morgan fingerprint density at radius 3 is 2.88 bits per heavy atom. The van der Waals surface area contributed by atoms with Crippen molar-refractivity contribution in [3.8, 4) is 0 Å². The fourth-order valence-electron chi connectivity index (χ4n) is 2.78. The van der Waals surface area contributed by atoms with Crippen molar-refractivity contribution in [2.24, 2.45) is 5.92 Å². The molecule has 1 saturated heterocycles. The van der Waals surface area contributed by atoms with Crippen LogP contribution in [0.3, 0.4) is 0 Å². The van der Waals surface area contributed by atoms with Crippen molar-refractivity contribution in [3.05, 3.63) is 41.5 Å². The molecule has 1 aliphatic rings. The van der Waals surface area contributed by atoms with Gasteiger partial charge in [-0.05, 0) is 17.7 Å². The number of aliphatic hydroxyl groups is 1. The zero-order valence-corrected chi connectivity index (χ0v) is 13.3. The molecule has 2 aromatic rings. The zero-order valence-electron chi connectivity index (χ0n) is 13.3. The Labute approximate surface area is 138 Å². The van der Waals surface area contributed by atoms with E-state index in [4.69, 9.17) is 4.52 Å². The number of aliphatic hydroxyl groups excluding tert-OH is 1. The van der Waals surface area contributed by atoms with Crippen LogP contribution in [0.25, 0.3) is 0 Å². The van der Waals surface area contributed by atoms with E-state index >= 15 is 0 Å². The number of hydrogen-bond acceptors (Lipinski definition) is 6. The number of halogens is 1. The molecule has 0 saturated carbocycles. The predicted octanol–water partition coefficient (Wildman–Crippen LogP) is 0.733. The Morgan fingerprint density at radius 1 is 1.42 bits per heavy atom. The third-order valence-electron chi connectivity index (χ3n) is 4.14. The molecule has 1 aromatic heterocycles. The van der Waals surface area contributed by atoms with Gasteiger partial charge in [0.05, 0.1) is 6.10 Å². The van der Waals surface area contributed by atoms with E-state index in [0.717, 1.165) is 5.56 Å². The fraction of sp³-hybridized carbons (Fsp3) is 0.438. The Bertz CT molecular complexity index is 704. The highest BCUT2D eigenvalue weighted by molar-refractivity contribution is 5.76. The largest absolute Gasteiger partial charge is 0.391 e. The van der Waals surface area contributed by atoms with Crippen LogP contribution in [0.2, 0.25) is 0 Å². The summed E-state index contributed by atoms with van der Waals surface area (Å²) in [6.07, 6.45) is 0.0711. The SMILES string of the molecule is CNC(=O)C[C@@H]1CN(c2nc(Cc3ccc(F)cc3)no2)C[C@H]1O. The van der Waals surface area contributed by atoms with Gasteiger partial charge in [0, 0.05) is 38.9 Å². The lowest BCUT2D eigenvalue weighted by atomic mass is 10.0. The highest BCUT2D eigenvalue weighted by atomic mass is 19.1. The summed E-state index contributed by atoms with van der Waals surface area (Å²) in [5, 5.41) is 16.6. The van der Waals surface area contributed by atoms with Crippen LogP contribution in [0, 0.1) is 11.7 Å². The molecule has 0 bridgehead atoms. The topological polar surface area (TPSA) is 91.5 Å². The molecule has 2 N–H and O–H groups in total. The first-order valence-electron chi connectivity index (χ1n) is 7.75. The van der Waals surface area contributed by atoms with Crippen molar-refractivity contribution in [1.29, 1.82) is 0 Å². The molecule has 0 unspecified atom stereocenters. The number of β-amino-alcohol motifs (C(OH)–C–C–N with tert-alkyl or cyclic N) is 1. The van der Waals surface area contributed by atoms with E-state index < -0.39 is 6.10 Å². The van der Waals surface area contributed by atoms with E-state index in [1.54, 1.807) is 24.1 Å². The number of hydrogen-bond donors (Lipinski definition) is 2. The van der Waals surface area contributed by atoms with Gasteiger partial charge < -0.3 is 19.8 Å². The quantitative estimate of drug-likeness (QED) is 0.838. The van der Waals surface area contributed by atoms with Crippen LogP contribution < -0.4 is 10.2 Å². The van der Waals surface area contributed by atoms with Gasteiger partial charge in [0.1, 0.15) is 5.82 Å². The minimum atomic E-state index is -0.616. The smallest absolute Gasteiger partial charge is 0.324 e. The summed E-state index contributed by atoms with van der Waals surface area (Å²) in [6, 6.07) is 6.44. The van der Waals surface area contributed by atoms with Crippen LogP contribution in [-0.2, 0) is 11.2 Å². The van der Waals surface area contributed by atoms with Crippen LogP contribution in [0.4, 0.5) is 10.4 Å². The maximum atomic E-state index is 12.9. The number of aromatic nitrogens is 2. The Morgan fingerprint density at radius 2 is 2.17 bits per heavy atom. The molecule has 128 valence electrons. The Hall–Kier alpha value is -2.48. The molecule has 8 heteroatoms. The molecular weight excluding hydrogens is 315 g/mol. The second kappa shape index (κ2) is 6.96. The van der Waals surface area contributed by atoms with Crippen LogP contribution in [0.1, 0.15) is 17.8 Å². The average Bonchev–Trinajstić information content (AvgIpc) is 3.17. The second-order valence-electron chi connectivity index (χ2n) is 5.91. The highest BCUT2D eigenvalue weighted by Crippen LogP contribution is 2.25. The number of amides is 1. The van der Waals surface area contributed by atoms with Crippen molar-refractivity contribution < 1.29 is 18.8 Å². The van der Waals surface area contributed by atoms with E-state index in [-0.39, 0.29) is 24.1 Å².